The van der Waals surface area contributed by atoms with E-state index in [1.807, 2.05) is 0 Å². The van der Waals surface area contributed by atoms with Gasteiger partial charge in [0.15, 0.2) is 0 Å². The van der Waals surface area contributed by atoms with Crippen LogP contribution in [0.15, 0.2) is 17.7 Å². The van der Waals surface area contributed by atoms with Gasteiger partial charge in [0.2, 0.25) is 0 Å². The first-order chi connectivity index (χ1) is 7.22. The van der Waals surface area contributed by atoms with Crippen LogP contribution in [0.5, 0.6) is 0 Å². The molecule has 1 aromatic carbocycles. The Hall–Kier alpha value is -1.04. The summed E-state index contributed by atoms with van der Waals surface area (Å²) in [4.78, 5) is 0. The molecule has 0 heterocycles. The van der Waals surface area contributed by atoms with Crippen LogP contribution in [0.25, 0.3) is 6.08 Å². The fraction of sp³-hybridized carbons (Fsp3) is 0.400. The van der Waals surface area contributed by atoms with Crippen LogP contribution in [0.2, 0.25) is 0 Å². The first-order valence-electron chi connectivity index (χ1n) is 5.88. The zero-order chi connectivity index (χ0) is 10.8. The highest BCUT2D eigenvalue weighted by Crippen LogP contribution is 2.32. The lowest BCUT2D eigenvalue weighted by atomic mass is 9.95. The zero-order valence-corrected chi connectivity index (χ0v) is 9.93. The average molecular weight is 199 g/mol. The normalized spacial score (nSPS) is 13.9. The van der Waals surface area contributed by atoms with Gasteiger partial charge in [0.25, 0.3) is 0 Å². The molecule has 0 atom stereocenters. The van der Waals surface area contributed by atoms with Gasteiger partial charge in [-0.2, -0.15) is 0 Å². The molecule has 0 spiro atoms. The summed E-state index contributed by atoms with van der Waals surface area (Å²) in [5.41, 5.74) is 7.22. The van der Waals surface area contributed by atoms with Crippen LogP contribution in [0.3, 0.4) is 0 Å². The van der Waals surface area contributed by atoms with Crippen molar-refractivity contribution < 1.29 is 0 Å². The number of hydrogen-bond donors (Lipinski definition) is 0. The maximum atomic E-state index is 2.33. The lowest BCUT2D eigenvalue weighted by Gasteiger charge is -2.09. The van der Waals surface area contributed by atoms with Crippen LogP contribution in [0.4, 0.5) is 0 Å². The second kappa shape index (κ2) is 4.22. The quantitative estimate of drug-likeness (QED) is 0.680. The van der Waals surface area contributed by atoms with Crippen molar-refractivity contribution in [1.29, 1.82) is 0 Å². The molecule has 1 aromatic rings. The van der Waals surface area contributed by atoms with Crippen LogP contribution in [0, 0.1) is 13.3 Å². The molecule has 1 radical (unpaired) electrons. The van der Waals surface area contributed by atoms with Crippen LogP contribution < -0.4 is 0 Å². The summed E-state index contributed by atoms with van der Waals surface area (Å²) in [5.74, 6) is 0. The average Bonchev–Trinajstić information content (AvgIpc) is 2.60. The molecular formula is C15H19. The van der Waals surface area contributed by atoms with E-state index in [1.54, 1.807) is 0 Å². The smallest absolute Gasteiger partial charge is 0.0164 e. The molecule has 0 fully saturated rings. The maximum absolute atomic E-state index is 2.33. The fourth-order valence-corrected chi connectivity index (χ4v) is 2.23. The molecule has 1 aliphatic carbocycles. The maximum Gasteiger partial charge on any atom is 0.0164 e. The van der Waals surface area contributed by atoms with Gasteiger partial charge in [-0.25, -0.2) is 0 Å². The lowest BCUT2D eigenvalue weighted by molar-refractivity contribution is 0.793. The Kier molecular flexibility index (Phi) is 2.95. The van der Waals surface area contributed by atoms with Crippen molar-refractivity contribution in [3.8, 4) is 0 Å². The minimum atomic E-state index is 1.22. The summed E-state index contributed by atoms with van der Waals surface area (Å²) in [6.45, 7) is 6.63. The predicted molar refractivity (Wildman–Crippen MR) is 66.8 cm³/mol. The van der Waals surface area contributed by atoms with Crippen molar-refractivity contribution >= 4 is 6.08 Å². The van der Waals surface area contributed by atoms with E-state index in [9.17, 15) is 0 Å². The van der Waals surface area contributed by atoms with E-state index in [0.717, 1.165) is 0 Å². The van der Waals surface area contributed by atoms with Crippen LogP contribution in [-0.2, 0) is 6.42 Å². The number of fused-ring (bicyclic) bond motifs is 1. The minimum Gasteiger partial charge on any atom is -0.0654 e. The van der Waals surface area contributed by atoms with E-state index in [2.05, 4.69) is 45.4 Å². The molecule has 0 unspecified atom stereocenters. The number of rotatable bonds is 3. The van der Waals surface area contributed by atoms with E-state index in [1.165, 1.54) is 47.1 Å². The van der Waals surface area contributed by atoms with Gasteiger partial charge < -0.3 is 0 Å². The Morgan fingerprint density at radius 3 is 2.60 bits per heavy atom. The van der Waals surface area contributed by atoms with Crippen LogP contribution in [0.1, 0.15) is 48.9 Å². The fourth-order valence-electron chi connectivity index (χ4n) is 2.23. The summed E-state index contributed by atoms with van der Waals surface area (Å²) in [6, 6.07) is 4.56. The van der Waals surface area contributed by atoms with Gasteiger partial charge in [-0.3, -0.25) is 0 Å². The highest BCUT2D eigenvalue weighted by Gasteiger charge is 2.15. The SMILES string of the molecule is CCCCc1ccc(C)c2c1C=C(C)[CH]2. The molecule has 15 heavy (non-hydrogen) atoms. The van der Waals surface area contributed by atoms with E-state index in [-0.39, 0.29) is 0 Å². The molecule has 2 rings (SSSR count). The lowest BCUT2D eigenvalue weighted by Crippen LogP contribution is -1.94. The van der Waals surface area contributed by atoms with Gasteiger partial charge in [-0.1, -0.05) is 37.1 Å². The summed E-state index contributed by atoms with van der Waals surface area (Å²) in [5, 5.41) is 0. The van der Waals surface area contributed by atoms with Crippen LogP contribution >= 0.6 is 0 Å². The third-order valence-corrected chi connectivity index (χ3v) is 3.14. The van der Waals surface area contributed by atoms with Crippen molar-refractivity contribution in [2.75, 3.05) is 0 Å². The largest absolute Gasteiger partial charge is 0.0654 e. The van der Waals surface area contributed by atoms with Crippen molar-refractivity contribution in [2.45, 2.75) is 40.0 Å². The molecule has 79 valence electrons. The van der Waals surface area contributed by atoms with Gasteiger partial charge >= 0.3 is 0 Å². The first-order valence-corrected chi connectivity index (χ1v) is 5.88. The summed E-state index contributed by atoms with van der Waals surface area (Å²) in [7, 11) is 0. The third kappa shape index (κ3) is 1.99. The first kappa shape index (κ1) is 10.5. The van der Waals surface area contributed by atoms with Gasteiger partial charge in [-0.05, 0) is 48.9 Å². The number of unbranched alkanes of at least 4 members (excludes halogenated alkanes) is 1. The molecule has 0 aromatic heterocycles. The van der Waals surface area contributed by atoms with Crippen molar-refractivity contribution in [1.82, 2.24) is 0 Å². The van der Waals surface area contributed by atoms with E-state index >= 15 is 0 Å². The molecule has 1 aliphatic rings. The molecule has 0 saturated carbocycles. The van der Waals surface area contributed by atoms with Gasteiger partial charge in [0.05, 0.1) is 0 Å². The molecule has 0 amide bonds. The zero-order valence-electron chi connectivity index (χ0n) is 9.93. The second-order valence-corrected chi connectivity index (χ2v) is 4.51. The summed E-state index contributed by atoms with van der Waals surface area (Å²) in [6.07, 6.45) is 8.42. The standard InChI is InChI=1S/C15H19/c1-4-5-6-13-8-7-12(3)14-9-11(2)10-15(13)14/h7-10H,4-6H2,1-3H3. The van der Waals surface area contributed by atoms with Crippen LogP contribution in [-0.4, -0.2) is 0 Å². The summed E-state index contributed by atoms with van der Waals surface area (Å²) >= 11 is 0. The second-order valence-electron chi connectivity index (χ2n) is 4.51. The molecule has 0 saturated heterocycles. The predicted octanol–water partition coefficient (Wildman–Crippen LogP) is 4.31. The number of benzene rings is 1. The Morgan fingerprint density at radius 2 is 1.87 bits per heavy atom. The molecule has 0 bridgehead atoms. The third-order valence-electron chi connectivity index (χ3n) is 3.14. The number of aryl methyl sites for hydroxylation is 2. The molecular weight excluding hydrogens is 180 g/mol. The Balaban J connectivity index is 2.36. The number of allylic oxidation sites excluding steroid dienone is 1. The van der Waals surface area contributed by atoms with Gasteiger partial charge in [0, 0.05) is 6.42 Å². The summed E-state index contributed by atoms with van der Waals surface area (Å²) < 4.78 is 0. The monoisotopic (exact) mass is 199 g/mol. The van der Waals surface area contributed by atoms with Gasteiger partial charge in [0.1, 0.15) is 0 Å². The van der Waals surface area contributed by atoms with E-state index in [4.69, 9.17) is 0 Å². The van der Waals surface area contributed by atoms with Crippen molar-refractivity contribution in [3.05, 3.63) is 46.4 Å². The minimum absolute atomic E-state index is 1.22. The van der Waals surface area contributed by atoms with E-state index in [0.29, 0.717) is 0 Å². The number of hydrogen-bond acceptors (Lipinski definition) is 0. The van der Waals surface area contributed by atoms with E-state index < -0.39 is 0 Å². The molecule has 0 nitrogen and oxygen atoms in total. The molecule has 0 aliphatic heterocycles. The highest BCUT2D eigenvalue weighted by molar-refractivity contribution is 5.72. The Labute approximate surface area is 93.0 Å². The molecule has 0 heteroatoms. The van der Waals surface area contributed by atoms with Gasteiger partial charge in [-0.15, -0.1) is 0 Å². The topological polar surface area (TPSA) is 0 Å². The Morgan fingerprint density at radius 1 is 1.07 bits per heavy atom. The van der Waals surface area contributed by atoms with Crippen molar-refractivity contribution in [3.63, 3.8) is 0 Å². The van der Waals surface area contributed by atoms with Crippen molar-refractivity contribution in [2.24, 2.45) is 0 Å². The highest BCUT2D eigenvalue weighted by atomic mass is 14.2. The molecule has 0 N–H and O–H groups in total. The Bertz CT molecular complexity index is 397.